The Kier molecular flexibility index (Phi) is 3.27. The van der Waals surface area contributed by atoms with Crippen molar-refractivity contribution < 1.29 is 9.15 Å². The molecule has 16 heavy (non-hydrogen) atoms. The third-order valence-corrected chi connectivity index (χ3v) is 2.36. The highest BCUT2D eigenvalue weighted by Gasteiger charge is 2.07. The maximum atomic E-state index is 5.86. The fraction of sp³-hybridized carbons (Fsp3) is 0.231. The van der Waals surface area contributed by atoms with Crippen molar-refractivity contribution in [3.05, 3.63) is 54.0 Å². The Morgan fingerprint density at radius 1 is 1.25 bits per heavy atom. The third-order valence-electron chi connectivity index (χ3n) is 2.36. The second-order valence-electron chi connectivity index (χ2n) is 3.69. The molecule has 3 nitrogen and oxygen atoms in total. The minimum atomic E-state index is -0.0344. The molecule has 0 unspecified atom stereocenters. The molecule has 0 spiro atoms. The summed E-state index contributed by atoms with van der Waals surface area (Å²) in [6, 6.07) is 11.5. The first kappa shape index (κ1) is 10.8. The van der Waals surface area contributed by atoms with Gasteiger partial charge in [-0.05, 0) is 25.1 Å². The van der Waals surface area contributed by atoms with Crippen LogP contribution in [0.2, 0.25) is 0 Å². The molecule has 1 aromatic carbocycles. The molecule has 2 N–H and O–H groups in total. The van der Waals surface area contributed by atoms with Gasteiger partial charge < -0.3 is 14.9 Å². The van der Waals surface area contributed by atoms with E-state index in [1.807, 2.05) is 43.3 Å². The summed E-state index contributed by atoms with van der Waals surface area (Å²) in [6.07, 6.45) is 1.64. The van der Waals surface area contributed by atoms with Gasteiger partial charge in [0.15, 0.2) is 0 Å². The van der Waals surface area contributed by atoms with Crippen molar-refractivity contribution in [3.8, 4) is 5.75 Å². The van der Waals surface area contributed by atoms with E-state index in [-0.39, 0.29) is 6.04 Å². The zero-order valence-corrected chi connectivity index (χ0v) is 9.22. The van der Waals surface area contributed by atoms with Crippen LogP contribution in [0.4, 0.5) is 0 Å². The Hall–Kier alpha value is -1.74. The van der Waals surface area contributed by atoms with Crippen molar-refractivity contribution in [2.75, 3.05) is 0 Å². The summed E-state index contributed by atoms with van der Waals surface area (Å²) in [7, 11) is 0. The number of hydrogen-bond acceptors (Lipinski definition) is 3. The van der Waals surface area contributed by atoms with Crippen LogP contribution >= 0.6 is 0 Å². The molecule has 84 valence electrons. The monoisotopic (exact) mass is 217 g/mol. The van der Waals surface area contributed by atoms with Gasteiger partial charge in [-0.25, -0.2) is 0 Å². The van der Waals surface area contributed by atoms with E-state index in [9.17, 15) is 0 Å². The highest BCUT2D eigenvalue weighted by molar-refractivity contribution is 5.35. The van der Waals surface area contributed by atoms with Crippen molar-refractivity contribution in [1.29, 1.82) is 0 Å². The van der Waals surface area contributed by atoms with Gasteiger partial charge in [-0.15, -0.1) is 0 Å². The molecule has 0 aliphatic carbocycles. The van der Waals surface area contributed by atoms with Crippen LogP contribution < -0.4 is 10.5 Å². The summed E-state index contributed by atoms with van der Waals surface area (Å²) in [5.74, 6) is 1.62. The van der Waals surface area contributed by atoms with Crippen molar-refractivity contribution in [2.24, 2.45) is 5.73 Å². The van der Waals surface area contributed by atoms with Crippen LogP contribution in [0.15, 0.2) is 47.1 Å². The van der Waals surface area contributed by atoms with Crippen molar-refractivity contribution >= 4 is 0 Å². The number of nitrogens with two attached hydrogens (primary N) is 1. The fourth-order valence-electron chi connectivity index (χ4n) is 1.53. The first-order chi connectivity index (χ1) is 7.77. The fourth-order valence-corrected chi connectivity index (χ4v) is 1.53. The van der Waals surface area contributed by atoms with E-state index < -0.39 is 0 Å². The second kappa shape index (κ2) is 4.86. The van der Waals surface area contributed by atoms with Crippen molar-refractivity contribution in [3.63, 3.8) is 0 Å². The molecular weight excluding hydrogens is 202 g/mol. The van der Waals surface area contributed by atoms with Gasteiger partial charge in [0.25, 0.3) is 0 Å². The summed E-state index contributed by atoms with van der Waals surface area (Å²) in [4.78, 5) is 0. The van der Waals surface area contributed by atoms with E-state index >= 15 is 0 Å². The number of para-hydroxylation sites is 1. The lowest BCUT2D eigenvalue weighted by molar-refractivity contribution is 0.267. The number of furan rings is 1. The molecule has 1 aromatic heterocycles. The molecule has 1 heterocycles. The number of hydrogen-bond donors (Lipinski definition) is 1. The van der Waals surface area contributed by atoms with E-state index in [0.29, 0.717) is 6.61 Å². The summed E-state index contributed by atoms with van der Waals surface area (Å²) in [6.45, 7) is 2.37. The Labute approximate surface area is 94.8 Å². The molecule has 2 aromatic rings. The molecule has 0 bridgehead atoms. The van der Waals surface area contributed by atoms with Gasteiger partial charge in [0.05, 0.1) is 6.26 Å². The van der Waals surface area contributed by atoms with Crippen LogP contribution in [0.25, 0.3) is 0 Å². The molecule has 0 saturated heterocycles. The van der Waals surface area contributed by atoms with Gasteiger partial charge in [0.1, 0.15) is 18.1 Å². The average Bonchev–Trinajstić information content (AvgIpc) is 2.79. The smallest absolute Gasteiger partial charge is 0.146 e. The second-order valence-corrected chi connectivity index (χ2v) is 3.69. The van der Waals surface area contributed by atoms with Crippen molar-refractivity contribution in [1.82, 2.24) is 0 Å². The highest BCUT2D eigenvalue weighted by Crippen LogP contribution is 2.24. The molecule has 0 fully saturated rings. The van der Waals surface area contributed by atoms with E-state index in [0.717, 1.165) is 17.1 Å². The molecular formula is C13H15NO2. The van der Waals surface area contributed by atoms with Gasteiger partial charge in [-0.3, -0.25) is 0 Å². The summed E-state index contributed by atoms with van der Waals surface area (Å²) < 4.78 is 10.9. The molecule has 2 rings (SSSR count). The maximum Gasteiger partial charge on any atom is 0.146 e. The summed E-state index contributed by atoms with van der Waals surface area (Å²) in [5.41, 5.74) is 6.87. The van der Waals surface area contributed by atoms with Gasteiger partial charge in [-0.1, -0.05) is 18.2 Å². The van der Waals surface area contributed by atoms with Gasteiger partial charge in [0.2, 0.25) is 0 Å². The predicted molar refractivity (Wildman–Crippen MR) is 62.1 cm³/mol. The molecule has 0 saturated carbocycles. The molecule has 0 aliphatic heterocycles. The van der Waals surface area contributed by atoms with Crippen LogP contribution in [0.1, 0.15) is 24.3 Å². The van der Waals surface area contributed by atoms with Gasteiger partial charge in [-0.2, -0.15) is 0 Å². The largest absolute Gasteiger partial charge is 0.485 e. The van der Waals surface area contributed by atoms with E-state index in [2.05, 4.69) is 0 Å². The maximum absolute atomic E-state index is 5.86. The molecule has 3 heteroatoms. The zero-order valence-electron chi connectivity index (χ0n) is 9.22. The number of rotatable bonds is 4. The molecule has 0 radical (unpaired) electrons. The van der Waals surface area contributed by atoms with Crippen LogP contribution in [0, 0.1) is 0 Å². The lowest BCUT2D eigenvalue weighted by Crippen LogP contribution is -2.07. The average molecular weight is 217 g/mol. The lowest BCUT2D eigenvalue weighted by atomic mass is 10.1. The van der Waals surface area contributed by atoms with Crippen LogP contribution in [-0.4, -0.2) is 0 Å². The van der Waals surface area contributed by atoms with E-state index in [1.54, 1.807) is 6.26 Å². The Balaban J connectivity index is 2.09. The predicted octanol–water partition coefficient (Wildman–Crippen LogP) is 2.88. The lowest BCUT2D eigenvalue weighted by Gasteiger charge is -2.12. The van der Waals surface area contributed by atoms with Crippen LogP contribution in [0.5, 0.6) is 5.75 Å². The highest BCUT2D eigenvalue weighted by atomic mass is 16.5. The topological polar surface area (TPSA) is 48.4 Å². The van der Waals surface area contributed by atoms with Gasteiger partial charge >= 0.3 is 0 Å². The SMILES string of the molecule is C[C@@H](N)c1ccccc1OCc1ccco1. The van der Waals surface area contributed by atoms with Crippen LogP contribution in [-0.2, 0) is 6.61 Å². The normalized spacial score (nSPS) is 12.4. The number of ether oxygens (including phenoxy) is 1. The van der Waals surface area contributed by atoms with Crippen molar-refractivity contribution in [2.45, 2.75) is 19.6 Å². The molecule has 0 aliphatic rings. The van der Waals surface area contributed by atoms with E-state index in [1.165, 1.54) is 0 Å². The Bertz CT molecular complexity index is 435. The minimum Gasteiger partial charge on any atom is -0.485 e. The molecule has 0 amide bonds. The Morgan fingerprint density at radius 2 is 2.06 bits per heavy atom. The zero-order chi connectivity index (χ0) is 11.4. The Morgan fingerprint density at radius 3 is 2.75 bits per heavy atom. The first-order valence-corrected chi connectivity index (χ1v) is 5.27. The standard InChI is InChI=1S/C13H15NO2/c1-10(14)12-6-2-3-7-13(12)16-9-11-5-4-8-15-11/h2-8,10H,9,14H2,1H3/t10-/m1/s1. The quantitative estimate of drug-likeness (QED) is 0.856. The number of benzene rings is 1. The third kappa shape index (κ3) is 2.44. The molecule has 1 atom stereocenters. The first-order valence-electron chi connectivity index (χ1n) is 5.27. The van der Waals surface area contributed by atoms with Crippen LogP contribution in [0.3, 0.4) is 0 Å². The van der Waals surface area contributed by atoms with Gasteiger partial charge in [0, 0.05) is 11.6 Å². The minimum absolute atomic E-state index is 0.0344. The summed E-state index contributed by atoms with van der Waals surface area (Å²) >= 11 is 0. The summed E-state index contributed by atoms with van der Waals surface area (Å²) in [5, 5.41) is 0. The van der Waals surface area contributed by atoms with E-state index in [4.69, 9.17) is 14.9 Å².